The summed E-state index contributed by atoms with van der Waals surface area (Å²) < 4.78 is 16.4. The maximum Gasteiger partial charge on any atom is 0.319 e. The lowest BCUT2D eigenvalue weighted by Crippen LogP contribution is -2.41. The van der Waals surface area contributed by atoms with E-state index in [1.165, 1.54) is 0 Å². The Labute approximate surface area is 173 Å². The third kappa shape index (κ3) is 4.08. The summed E-state index contributed by atoms with van der Waals surface area (Å²) in [4.78, 5) is 27.3. The minimum absolute atomic E-state index is 0.116. The van der Waals surface area contributed by atoms with E-state index in [1.807, 2.05) is 42.5 Å². The van der Waals surface area contributed by atoms with Gasteiger partial charge in [0.25, 0.3) is 5.91 Å². The summed E-state index contributed by atoms with van der Waals surface area (Å²) in [6.07, 6.45) is 0. The Bertz CT molecular complexity index is 1060. The zero-order valence-corrected chi connectivity index (χ0v) is 16.6. The summed E-state index contributed by atoms with van der Waals surface area (Å²) in [6.45, 7) is 2.20. The Morgan fingerprint density at radius 1 is 1.07 bits per heavy atom. The monoisotopic (exact) mass is 409 g/mol. The van der Waals surface area contributed by atoms with Gasteiger partial charge in [-0.25, -0.2) is 4.79 Å². The fourth-order valence-corrected chi connectivity index (χ4v) is 3.41. The molecule has 8 heteroatoms. The molecular formula is C22H23N3O5. The van der Waals surface area contributed by atoms with Gasteiger partial charge in [0.15, 0.2) is 0 Å². The van der Waals surface area contributed by atoms with Crippen LogP contribution in [0.25, 0.3) is 11.0 Å². The highest BCUT2D eigenvalue weighted by Crippen LogP contribution is 2.32. The Hall–Kier alpha value is -3.52. The van der Waals surface area contributed by atoms with Crippen molar-refractivity contribution in [3.8, 4) is 5.75 Å². The van der Waals surface area contributed by atoms with Crippen LogP contribution in [0.1, 0.15) is 16.1 Å². The molecule has 0 saturated carbocycles. The van der Waals surface area contributed by atoms with Crippen molar-refractivity contribution in [2.24, 2.45) is 0 Å². The Morgan fingerprint density at radius 2 is 1.80 bits per heavy atom. The van der Waals surface area contributed by atoms with Gasteiger partial charge in [-0.2, -0.15) is 0 Å². The molecule has 30 heavy (non-hydrogen) atoms. The lowest BCUT2D eigenvalue weighted by atomic mass is 10.2. The number of ether oxygens (including phenoxy) is 2. The molecule has 1 fully saturated rings. The number of rotatable bonds is 5. The summed E-state index contributed by atoms with van der Waals surface area (Å²) in [5.41, 5.74) is 1.74. The average Bonchev–Trinajstić information content (AvgIpc) is 3.16. The van der Waals surface area contributed by atoms with Crippen molar-refractivity contribution in [2.75, 3.05) is 38.7 Å². The molecular weight excluding hydrogens is 386 g/mol. The number of urea groups is 1. The molecule has 0 unspecified atom stereocenters. The van der Waals surface area contributed by atoms with E-state index in [-0.39, 0.29) is 18.2 Å². The quantitative estimate of drug-likeness (QED) is 0.675. The zero-order valence-electron chi connectivity index (χ0n) is 16.6. The Morgan fingerprint density at radius 3 is 2.60 bits per heavy atom. The molecule has 0 bridgehead atoms. The second-order valence-corrected chi connectivity index (χ2v) is 6.83. The van der Waals surface area contributed by atoms with Crippen LogP contribution in [0.3, 0.4) is 0 Å². The second-order valence-electron chi connectivity index (χ2n) is 6.83. The minimum atomic E-state index is -0.441. The highest BCUT2D eigenvalue weighted by atomic mass is 16.5. The number of methoxy groups -OCH3 is 1. The first-order valence-electron chi connectivity index (χ1n) is 9.72. The van der Waals surface area contributed by atoms with Crippen molar-refractivity contribution in [3.05, 3.63) is 59.9 Å². The molecule has 3 aromatic rings. The van der Waals surface area contributed by atoms with Crippen molar-refractivity contribution >= 4 is 28.6 Å². The van der Waals surface area contributed by atoms with E-state index in [2.05, 4.69) is 10.6 Å². The standard InChI is InChI=1S/C22H23N3O5/c1-28-17-8-4-2-6-15(17)14-23-22(27)24-19-16-7-3-5-9-18(16)30-20(19)21(26)25-10-12-29-13-11-25/h2-9H,10-14H2,1H3,(H2,23,24,27). The second kappa shape index (κ2) is 8.87. The first kappa shape index (κ1) is 19.8. The number of nitrogens with zero attached hydrogens (tertiary/aromatic N) is 1. The van der Waals surface area contributed by atoms with Gasteiger partial charge in [-0.1, -0.05) is 30.3 Å². The van der Waals surface area contributed by atoms with E-state index in [0.29, 0.717) is 48.7 Å². The zero-order chi connectivity index (χ0) is 20.9. The van der Waals surface area contributed by atoms with E-state index < -0.39 is 6.03 Å². The van der Waals surface area contributed by atoms with E-state index >= 15 is 0 Å². The molecule has 2 aromatic carbocycles. The maximum atomic E-state index is 13.0. The molecule has 2 N–H and O–H groups in total. The van der Waals surface area contributed by atoms with Crippen molar-refractivity contribution in [3.63, 3.8) is 0 Å². The summed E-state index contributed by atoms with van der Waals surface area (Å²) in [5.74, 6) is 0.537. The van der Waals surface area contributed by atoms with Gasteiger partial charge in [0.1, 0.15) is 17.0 Å². The third-order valence-corrected chi connectivity index (χ3v) is 4.96. The highest BCUT2D eigenvalue weighted by Gasteiger charge is 2.27. The molecule has 0 aliphatic carbocycles. The van der Waals surface area contributed by atoms with Crippen molar-refractivity contribution in [1.29, 1.82) is 0 Å². The predicted octanol–water partition coefficient (Wildman–Crippen LogP) is 3.24. The van der Waals surface area contributed by atoms with Crippen molar-refractivity contribution in [2.45, 2.75) is 6.54 Å². The Balaban J connectivity index is 1.55. The molecule has 1 aliphatic heterocycles. The molecule has 1 aliphatic rings. The Kier molecular flexibility index (Phi) is 5.85. The first-order chi connectivity index (χ1) is 14.7. The van der Waals surface area contributed by atoms with Crippen LogP contribution in [0.2, 0.25) is 0 Å². The summed E-state index contributed by atoms with van der Waals surface area (Å²) in [7, 11) is 1.58. The summed E-state index contributed by atoms with van der Waals surface area (Å²) >= 11 is 0. The van der Waals surface area contributed by atoms with Crippen LogP contribution >= 0.6 is 0 Å². The van der Waals surface area contributed by atoms with Gasteiger partial charge < -0.3 is 29.4 Å². The van der Waals surface area contributed by atoms with Crippen LogP contribution in [0.5, 0.6) is 5.75 Å². The van der Waals surface area contributed by atoms with Crippen LogP contribution in [0.4, 0.5) is 10.5 Å². The van der Waals surface area contributed by atoms with E-state index in [4.69, 9.17) is 13.9 Å². The molecule has 4 rings (SSSR count). The van der Waals surface area contributed by atoms with Gasteiger partial charge in [-0.05, 0) is 18.2 Å². The summed E-state index contributed by atoms with van der Waals surface area (Å²) in [6, 6.07) is 14.2. The number of amides is 3. The molecule has 0 atom stereocenters. The number of furan rings is 1. The van der Waals surface area contributed by atoms with Gasteiger partial charge in [-0.3, -0.25) is 4.79 Å². The SMILES string of the molecule is COc1ccccc1CNC(=O)Nc1c(C(=O)N2CCOCC2)oc2ccccc12. The van der Waals surface area contributed by atoms with E-state index in [9.17, 15) is 9.59 Å². The third-order valence-electron chi connectivity index (χ3n) is 4.96. The number of nitrogens with one attached hydrogen (secondary N) is 2. The first-order valence-corrected chi connectivity index (χ1v) is 9.72. The molecule has 1 aromatic heterocycles. The molecule has 2 heterocycles. The number of fused-ring (bicyclic) bond motifs is 1. The lowest BCUT2D eigenvalue weighted by Gasteiger charge is -2.26. The topological polar surface area (TPSA) is 93.0 Å². The van der Waals surface area contributed by atoms with Gasteiger partial charge in [-0.15, -0.1) is 0 Å². The van der Waals surface area contributed by atoms with E-state index in [1.54, 1.807) is 18.1 Å². The minimum Gasteiger partial charge on any atom is -0.496 e. The van der Waals surface area contributed by atoms with Gasteiger partial charge >= 0.3 is 6.03 Å². The van der Waals surface area contributed by atoms with Crippen molar-refractivity contribution < 1.29 is 23.5 Å². The molecule has 3 amide bonds. The fraction of sp³-hybridized carbons (Fsp3) is 0.273. The van der Waals surface area contributed by atoms with Crippen LogP contribution < -0.4 is 15.4 Å². The lowest BCUT2D eigenvalue weighted by molar-refractivity contribution is 0.0285. The largest absolute Gasteiger partial charge is 0.496 e. The number of morpholine rings is 1. The normalized spacial score (nSPS) is 13.8. The van der Waals surface area contributed by atoms with Crippen LogP contribution in [0.15, 0.2) is 52.9 Å². The maximum absolute atomic E-state index is 13.0. The number of hydrogen-bond acceptors (Lipinski definition) is 5. The number of anilines is 1. The smallest absolute Gasteiger partial charge is 0.319 e. The van der Waals surface area contributed by atoms with E-state index in [0.717, 1.165) is 5.56 Å². The number of carbonyl (C=O) groups excluding carboxylic acids is 2. The van der Waals surface area contributed by atoms with Gasteiger partial charge in [0.2, 0.25) is 5.76 Å². The van der Waals surface area contributed by atoms with Gasteiger partial charge in [0, 0.05) is 30.6 Å². The number of para-hydroxylation sites is 2. The predicted molar refractivity (Wildman–Crippen MR) is 112 cm³/mol. The van der Waals surface area contributed by atoms with Gasteiger partial charge in [0.05, 0.1) is 20.3 Å². The number of carbonyl (C=O) groups is 2. The highest BCUT2D eigenvalue weighted by molar-refractivity contribution is 6.10. The van der Waals surface area contributed by atoms with Crippen molar-refractivity contribution in [1.82, 2.24) is 10.2 Å². The number of hydrogen-bond donors (Lipinski definition) is 2. The molecule has 8 nitrogen and oxygen atoms in total. The molecule has 156 valence electrons. The molecule has 0 radical (unpaired) electrons. The van der Waals surface area contributed by atoms with Crippen LogP contribution in [0, 0.1) is 0 Å². The number of benzene rings is 2. The molecule has 0 spiro atoms. The van der Waals surface area contributed by atoms with Crippen LogP contribution in [-0.4, -0.2) is 50.3 Å². The van der Waals surface area contributed by atoms with Crippen LogP contribution in [-0.2, 0) is 11.3 Å². The fourth-order valence-electron chi connectivity index (χ4n) is 3.41. The summed E-state index contributed by atoms with van der Waals surface area (Å²) in [5, 5.41) is 6.27. The molecule has 1 saturated heterocycles. The average molecular weight is 409 g/mol.